The molecule has 0 unspecified atom stereocenters. The van der Waals surface area contributed by atoms with Crippen molar-refractivity contribution >= 4 is 16.3 Å². The van der Waals surface area contributed by atoms with Gasteiger partial charge < -0.3 is 4.98 Å². The van der Waals surface area contributed by atoms with Crippen LogP contribution >= 0.6 is 0 Å². The Balaban J connectivity index is 0.00000225. The number of benzene rings is 1. The maximum atomic E-state index is 14.0. The second-order valence-electron chi connectivity index (χ2n) is 5.18. The minimum Gasteiger partial charge on any atom is -0.350 e. The van der Waals surface area contributed by atoms with Crippen LogP contribution < -0.4 is 0 Å². The minimum absolute atomic E-state index is 0. The summed E-state index contributed by atoms with van der Waals surface area (Å²) < 4.78 is 108. The van der Waals surface area contributed by atoms with Crippen molar-refractivity contribution in [3.05, 3.63) is 48.3 Å². The van der Waals surface area contributed by atoms with E-state index in [1.807, 2.05) is 0 Å². The molecule has 1 aromatic heterocycles. The Morgan fingerprint density at radius 1 is 0.800 bits per heavy atom. The molecule has 0 spiro atoms. The van der Waals surface area contributed by atoms with Gasteiger partial charge in [0.25, 0.3) is 5.92 Å². The van der Waals surface area contributed by atoms with Gasteiger partial charge in [-0.3, -0.25) is 0 Å². The number of rotatable bonds is 1. The van der Waals surface area contributed by atoms with Crippen LogP contribution in [0, 0.1) is 6.08 Å². The number of aromatic nitrogens is 1. The number of fused-ring (bicyclic) bond motifs is 1. The van der Waals surface area contributed by atoms with Crippen LogP contribution in [0.5, 0.6) is 0 Å². The molecule has 0 fully saturated rings. The second kappa shape index (κ2) is 5.74. The van der Waals surface area contributed by atoms with Crippen molar-refractivity contribution in [3.8, 4) is 0 Å². The normalized spacial score (nSPS) is 22.8. The van der Waals surface area contributed by atoms with E-state index < -0.39 is 35.0 Å². The fourth-order valence-electron chi connectivity index (χ4n) is 2.39. The first-order valence-electron chi connectivity index (χ1n) is 6.44. The van der Waals surface area contributed by atoms with Crippen LogP contribution in [0.3, 0.4) is 0 Å². The molecule has 0 N–H and O–H groups in total. The van der Waals surface area contributed by atoms with E-state index in [1.165, 1.54) is 30.3 Å². The third-order valence-electron chi connectivity index (χ3n) is 3.69. The zero-order valence-corrected chi connectivity index (χ0v) is 14.2. The molecule has 1 heterocycles. The molecule has 1 aromatic carbocycles. The van der Waals surface area contributed by atoms with Gasteiger partial charge in [0.05, 0.1) is 0 Å². The number of halogens is 8. The Kier molecular flexibility index (Phi) is 4.54. The summed E-state index contributed by atoms with van der Waals surface area (Å²) in [4.78, 5) is 3.41. The molecule has 0 saturated carbocycles. The number of hydrogen-bond donors (Lipinski definition) is 0. The Morgan fingerprint density at radius 2 is 1.40 bits per heavy atom. The van der Waals surface area contributed by atoms with E-state index in [-0.39, 0.29) is 30.9 Å². The molecule has 1 aliphatic rings. The summed E-state index contributed by atoms with van der Waals surface area (Å²) in [5.74, 6) is -23.8. The Hall–Kier alpha value is -1.54. The quantitative estimate of drug-likeness (QED) is 0.365. The molecular formula is C15H6F8IrN-. The molecule has 1 nitrogen and oxygen atoms in total. The van der Waals surface area contributed by atoms with Crippen LogP contribution in [0.2, 0.25) is 0 Å². The first-order valence-corrected chi connectivity index (χ1v) is 6.44. The zero-order valence-electron chi connectivity index (χ0n) is 11.8. The SMILES string of the molecule is FC1(F)[C-]=C(c2nccc3ccccc23)C(F)(F)C(F)(F)C1(F)F.[Ir]. The Bertz CT molecular complexity index is 841. The van der Waals surface area contributed by atoms with Crippen LogP contribution in [0.4, 0.5) is 35.1 Å². The largest absolute Gasteiger partial charge is 0.378 e. The predicted octanol–water partition coefficient (Wildman–Crippen LogP) is 4.97. The van der Waals surface area contributed by atoms with Gasteiger partial charge in [0.15, 0.2) is 0 Å². The van der Waals surface area contributed by atoms with Gasteiger partial charge in [-0.05, 0) is 11.5 Å². The topological polar surface area (TPSA) is 12.9 Å². The van der Waals surface area contributed by atoms with E-state index >= 15 is 0 Å². The average molecular weight is 544 g/mol. The first-order chi connectivity index (χ1) is 10.9. The zero-order chi connectivity index (χ0) is 18.0. The maximum absolute atomic E-state index is 14.0. The summed E-state index contributed by atoms with van der Waals surface area (Å²) in [5, 5.41) is 0.0653. The minimum atomic E-state index is -6.32. The fourth-order valence-corrected chi connectivity index (χ4v) is 2.39. The molecule has 10 heteroatoms. The van der Waals surface area contributed by atoms with Crippen molar-refractivity contribution in [2.45, 2.75) is 23.7 Å². The van der Waals surface area contributed by atoms with Crippen LogP contribution in [-0.4, -0.2) is 28.7 Å². The summed E-state index contributed by atoms with van der Waals surface area (Å²) >= 11 is 0. The van der Waals surface area contributed by atoms with Gasteiger partial charge in [-0.1, -0.05) is 35.3 Å². The summed E-state index contributed by atoms with van der Waals surface area (Å²) in [6.07, 6.45) is 1.50. The Labute approximate surface area is 149 Å². The van der Waals surface area contributed by atoms with Crippen LogP contribution in [0.15, 0.2) is 36.5 Å². The summed E-state index contributed by atoms with van der Waals surface area (Å²) in [5.41, 5.74) is -3.01. The number of hydrogen-bond acceptors (Lipinski definition) is 1. The van der Waals surface area contributed by atoms with E-state index in [9.17, 15) is 35.1 Å². The average Bonchev–Trinajstić information content (AvgIpc) is 2.50. The molecule has 137 valence electrons. The van der Waals surface area contributed by atoms with Crippen molar-refractivity contribution in [2.75, 3.05) is 0 Å². The summed E-state index contributed by atoms with van der Waals surface area (Å²) in [6, 6.07) is 6.71. The third kappa shape index (κ3) is 2.49. The molecule has 1 radical (unpaired) electrons. The third-order valence-corrected chi connectivity index (χ3v) is 3.69. The maximum Gasteiger partial charge on any atom is 0.378 e. The van der Waals surface area contributed by atoms with Crippen LogP contribution in [0.1, 0.15) is 5.69 Å². The van der Waals surface area contributed by atoms with Crippen molar-refractivity contribution in [3.63, 3.8) is 0 Å². The first kappa shape index (κ1) is 19.8. The number of allylic oxidation sites excluding steroid dienone is 2. The van der Waals surface area contributed by atoms with E-state index in [0.717, 1.165) is 6.20 Å². The van der Waals surface area contributed by atoms with Gasteiger partial charge in [0.1, 0.15) is 0 Å². The van der Waals surface area contributed by atoms with Gasteiger partial charge in [0, 0.05) is 26.3 Å². The van der Waals surface area contributed by atoms with Crippen molar-refractivity contribution < 1.29 is 55.2 Å². The molecular weight excluding hydrogens is 538 g/mol. The van der Waals surface area contributed by atoms with Gasteiger partial charge in [0.2, 0.25) is 0 Å². The number of alkyl halides is 8. The Morgan fingerprint density at radius 3 is 2.04 bits per heavy atom. The van der Waals surface area contributed by atoms with Gasteiger partial charge in [-0.2, -0.15) is 32.4 Å². The van der Waals surface area contributed by atoms with E-state index in [0.29, 0.717) is 6.08 Å². The van der Waals surface area contributed by atoms with Gasteiger partial charge in [-0.25, -0.2) is 8.78 Å². The molecule has 0 aliphatic heterocycles. The fraction of sp³-hybridized carbons (Fsp3) is 0.267. The standard InChI is InChI=1S/C15H6F8N.Ir/c16-12(17)7-10(13(18,19)15(22,23)14(12,20)21)11-9-4-2-1-3-8(9)5-6-24-11;/h1-6H;/q-1;. The van der Waals surface area contributed by atoms with E-state index in [4.69, 9.17) is 0 Å². The molecule has 2 aromatic rings. The molecule has 0 amide bonds. The number of pyridine rings is 1. The molecule has 25 heavy (non-hydrogen) atoms. The monoisotopic (exact) mass is 545 g/mol. The van der Waals surface area contributed by atoms with Crippen molar-refractivity contribution in [1.82, 2.24) is 4.98 Å². The smallest absolute Gasteiger partial charge is 0.350 e. The summed E-state index contributed by atoms with van der Waals surface area (Å²) in [6.45, 7) is 0. The summed E-state index contributed by atoms with van der Waals surface area (Å²) in [7, 11) is 0. The van der Waals surface area contributed by atoms with Crippen LogP contribution in [-0.2, 0) is 20.1 Å². The van der Waals surface area contributed by atoms with Gasteiger partial charge in [-0.15, -0.1) is 5.57 Å². The molecule has 3 rings (SSSR count). The molecule has 0 saturated heterocycles. The number of nitrogens with zero attached hydrogens (tertiary/aromatic N) is 1. The molecule has 0 bridgehead atoms. The van der Waals surface area contributed by atoms with Crippen molar-refractivity contribution in [2.24, 2.45) is 0 Å². The van der Waals surface area contributed by atoms with Gasteiger partial charge >= 0.3 is 17.8 Å². The van der Waals surface area contributed by atoms with E-state index in [1.54, 1.807) is 0 Å². The van der Waals surface area contributed by atoms with Crippen LogP contribution in [0.25, 0.3) is 16.3 Å². The van der Waals surface area contributed by atoms with E-state index in [2.05, 4.69) is 4.98 Å². The predicted molar refractivity (Wildman–Crippen MR) is 68.2 cm³/mol. The van der Waals surface area contributed by atoms with Crippen molar-refractivity contribution in [1.29, 1.82) is 0 Å². The molecule has 1 aliphatic carbocycles. The molecule has 0 atom stereocenters. The second-order valence-corrected chi connectivity index (χ2v) is 5.18.